The maximum atomic E-state index is 2.50. The summed E-state index contributed by atoms with van der Waals surface area (Å²) in [5, 5.41) is 17.8. The average molecular weight is 1010 g/mol. The number of nitrogens with zero attached hydrogens (tertiary/aromatic N) is 1. The predicted molar refractivity (Wildman–Crippen MR) is 341 cm³/mol. The largest absolute Gasteiger partial charge is 0.309 e. The van der Waals surface area contributed by atoms with Crippen LogP contribution in [0, 0.1) is 0 Å². The Morgan fingerprint density at radius 3 is 0.988 bits per heavy atom. The first-order chi connectivity index (χ1) is 39.6. The van der Waals surface area contributed by atoms with E-state index in [0.29, 0.717) is 0 Å². The van der Waals surface area contributed by atoms with Crippen LogP contribution in [0.1, 0.15) is 11.1 Å². The lowest BCUT2D eigenvalue weighted by molar-refractivity contribution is 1.16. The zero-order valence-electron chi connectivity index (χ0n) is 43.8. The highest BCUT2D eigenvalue weighted by Gasteiger charge is 2.23. The maximum Gasteiger partial charge on any atom is 0.0541 e. The van der Waals surface area contributed by atoms with E-state index >= 15 is 0 Å². The molecule has 0 radical (unpaired) electrons. The Balaban J connectivity index is 0.774. The molecule has 0 bridgehead atoms. The Kier molecular flexibility index (Phi) is 9.84. The van der Waals surface area contributed by atoms with Gasteiger partial charge in [-0.2, -0.15) is 0 Å². The molecule has 0 fully saturated rings. The van der Waals surface area contributed by atoms with Crippen LogP contribution in [-0.4, -0.2) is 4.57 Å². The molecule has 15 aromatic carbocycles. The van der Waals surface area contributed by atoms with Gasteiger partial charge < -0.3 is 4.57 Å². The quantitative estimate of drug-likeness (QED) is 0.146. The average Bonchev–Trinajstić information content (AvgIpc) is 4.27. The fourth-order valence-corrected chi connectivity index (χ4v) is 13.7. The lowest BCUT2D eigenvalue weighted by Crippen LogP contribution is -1.95. The molecule has 16 aromatic rings. The number of hydrogen-bond acceptors (Lipinski definition) is 0. The minimum Gasteiger partial charge on any atom is -0.309 e. The molecule has 1 heteroatoms. The zero-order chi connectivity index (χ0) is 52.4. The Morgan fingerprint density at radius 1 is 0.200 bits per heavy atom. The van der Waals surface area contributed by atoms with Crippen LogP contribution in [0.5, 0.6) is 0 Å². The van der Waals surface area contributed by atoms with E-state index in [-0.39, 0.29) is 0 Å². The van der Waals surface area contributed by atoms with Gasteiger partial charge in [0.05, 0.1) is 11.0 Å². The third-order valence-electron chi connectivity index (χ3n) is 17.6. The molecule has 0 aliphatic heterocycles. The van der Waals surface area contributed by atoms with Crippen molar-refractivity contribution < 1.29 is 0 Å². The Labute approximate surface area is 463 Å². The highest BCUT2D eigenvalue weighted by Crippen LogP contribution is 2.45. The fourth-order valence-electron chi connectivity index (χ4n) is 13.7. The van der Waals surface area contributed by atoms with Crippen molar-refractivity contribution in [2.45, 2.75) is 6.42 Å². The smallest absolute Gasteiger partial charge is 0.0541 e. The summed E-state index contributed by atoms with van der Waals surface area (Å²) in [5.74, 6) is 0. The number of fused-ring (bicyclic) bond motifs is 15. The maximum absolute atomic E-state index is 2.50. The van der Waals surface area contributed by atoms with E-state index in [1.807, 2.05) is 0 Å². The lowest BCUT2D eigenvalue weighted by Gasteiger charge is -2.13. The monoisotopic (exact) mass is 1010 g/mol. The number of rotatable bonds is 6. The van der Waals surface area contributed by atoms with Crippen LogP contribution in [0.25, 0.3) is 159 Å². The van der Waals surface area contributed by atoms with E-state index in [0.717, 1.165) is 6.42 Å². The highest BCUT2D eigenvalue weighted by atomic mass is 15.0. The van der Waals surface area contributed by atoms with Crippen molar-refractivity contribution in [1.29, 1.82) is 0 Å². The van der Waals surface area contributed by atoms with E-state index in [1.165, 1.54) is 170 Å². The summed E-state index contributed by atoms with van der Waals surface area (Å²) in [6.07, 6.45) is 0.888. The van der Waals surface area contributed by atoms with Gasteiger partial charge in [-0.15, -0.1) is 0 Å². The molecule has 0 unspecified atom stereocenters. The molecule has 0 N–H and O–H groups in total. The van der Waals surface area contributed by atoms with Crippen LogP contribution in [0.15, 0.2) is 285 Å². The minimum absolute atomic E-state index is 0.888. The van der Waals surface area contributed by atoms with Gasteiger partial charge in [0.25, 0.3) is 0 Å². The predicted octanol–water partition coefficient (Wildman–Crippen LogP) is 21.6. The second-order valence-corrected chi connectivity index (χ2v) is 21.9. The van der Waals surface area contributed by atoms with E-state index in [4.69, 9.17) is 0 Å². The van der Waals surface area contributed by atoms with Crippen molar-refractivity contribution in [2.75, 3.05) is 0 Å². The summed E-state index contributed by atoms with van der Waals surface area (Å²) in [7, 11) is 0. The van der Waals surface area contributed by atoms with Gasteiger partial charge in [0, 0.05) is 16.5 Å². The molecule has 370 valence electrons. The van der Waals surface area contributed by atoms with E-state index in [1.54, 1.807) is 0 Å². The standard InChI is InChI=1S/C79H49N/c1-4-16-62-55(13-1)46-73(70-22-10-7-19-67(62)70)51-29-25-49(26-30-51)53-34-39-78-76(44-53)77-45-54(50-27-31-52(32-28-50)74-47-56-14-2-5-17-63(56)68-20-8-11-23-71(68)74)35-40-79(77)80(78)61-36-38-66-60(43-61)42-59-41-58(33-37-65(59)66)75-48-57-15-3-6-18-64(57)69-21-9-12-24-72(69)75/h1-41,43-48H,42H2. The van der Waals surface area contributed by atoms with Gasteiger partial charge in [-0.25, -0.2) is 0 Å². The van der Waals surface area contributed by atoms with Crippen molar-refractivity contribution in [3.63, 3.8) is 0 Å². The molecule has 0 saturated heterocycles. The molecule has 0 saturated carbocycles. The van der Waals surface area contributed by atoms with Crippen LogP contribution in [-0.2, 0) is 6.42 Å². The van der Waals surface area contributed by atoms with Gasteiger partial charge in [0.1, 0.15) is 0 Å². The molecule has 1 aliphatic carbocycles. The number of benzene rings is 15. The molecule has 1 aliphatic rings. The van der Waals surface area contributed by atoms with Gasteiger partial charge in [-0.3, -0.25) is 0 Å². The second kappa shape index (κ2) is 17.6. The third kappa shape index (κ3) is 6.97. The van der Waals surface area contributed by atoms with Crippen LogP contribution in [0.4, 0.5) is 0 Å². The molecule has 1 heterocycles. The summed E-state index contributed by atoms with van der Waals surface area (Å²) in [6.45, 7) is 0. The topological polar surface area (TPSA) is 4.93 Å². The highest BCUT2D eigenvalue weighted by molar-refractivity contribution is 6.17. The number of aromatic nitrogens is 1. The molecule has 0 atom stereocenters. The van der Waals surface area contributed by atoms with Crippen LogP contribution < -0.4 is 0 Å². The molecule has 80 heavy (non-hydrogen) atoms. The SMILES string of the molecule is c1ccc2c(c1)cc(-c1ccc(-c3ccc4c(c3)c3cc(-c5ccc(-c6cc7ccccc7c7ccccc67)cc5)ccc3n4-c3ccc4c(c3)Cc3cc(-c5cc6ccccc6c6ccccc56)ccc3-4)cc1)c1ccccc12. The van der Waals surface area contributed by atoms with Gasteiger partial charge in [-0.1, -0.05) is 231 Å². The van der Waals surface area contributed by atoms with Gasteiger partial charge in [0.15, 0.2) is 0 Å². The summed E-state index contributed by atoms with van der Waals surface area (Å²) in [4.78, 5) is 0. The summed E-state index contributed by atoms with van der Waals surface area (Å²) in [5.41, 5.74) is 21.2. The molecule has 0 amide bonds. The Morgan fingerprint density at radius 2 is 0.537 bits per heavy atom. The van der Waals surface area contributed by atoms with Crippen molar-refractivity contribution in [2.24, 2.45) is 0 Å². The Hall–Kier alpha value is -10.3. The minimum atomic E-state index is 0.888. The van der Waals surface area contributed by atoms with Crippen LogP contribution in [0.3, 0.4) is 0 Å². The first-order valence-electron chi connectivity index (χ1n) is 27.9. The van der Waals surface area contributed by atoms with Crippen LogP contribution in [0.2, 0.25) is 0 Å². The Bertz CT molecular complexity index is 5030. The summed E-state index contributed by atoms with van der Waals surface area (Å²) in [6, 6.07) is 107. The van der Waals surface area contributed by atoms with Crippen LogP contribution >= 0.6 is 0 Å². The molecule has 1 nitrogen and oxygen atoms in total. The molecule has 0 spiro atoms. The number of hydrogen-bond donors (Lipinski definition) is 0. The first-order valence-corrected chi connectivity index (χ1v) is 27.9. The van der Waals surface area contributed by atoms with E-state index in [2.05, 4.69) is 290 Å². The molecular weight excluding hydrogens is 963 g/mol. The molecule has 1 aromatic heterocycles. The molecular formula is C79H49N. The van der Waals surface area contributed by atoms with Gasteiger partial charge in [0.2, 0.25) is 0 Å². The normalized spacial score (nSPS) is 12.2. The summed E-state index contributed by atoms with van der Waals surface area (Å²) >= 11 is 0. The van der Waals surface area contributed by atoms with E-state index < -0.39 is 0 Å². The van der Waals surface area contributed by atoms with Gasteiger partial charge >= 0.3 is 0 Å². The van der Waals surface area contributed by atoms with Crippen molar-refractivity contribution in [1.82, 2.24) is 4.57 Å². The lowest BCUT2D eigenvalue weighted by atomic mass is 9.92. The fraction of sp³-hybridized carbons (Fsp3) is 0.0127. The van der Waals surface area contributed by atoms with Crippen molar-refractivity contribution in [3.05, 3.63) is 296 Å². The van der Waals surface area contributed by atoms with E-state index in [9.17, 15) is 0 Å². The molecule has 17 rings (SSSR count). The second-order valence-electron chi connectivity index (χ2n) is 21.9. The zero-order valence-corrected chi connectivity index (χ0v) is 43.8. The third-order valence-corrected chi connectivity index (χ3v) is 17.6. The van der Waals surface area contributed by atoms with Crippen molar-refractivity contribution in [3.8, 4) is 72.4 Å². The first kappa shape index (κ1) is 44.8. The van der Waals surface area contributed by atoms with Crippen molar-refractivity contribution >= 4 is 86.4 Å². The van der Waals surface area contributed by atoms with Gasteiger partial charge in [-0.05, 0) is 204 Å². The summed E-state index contributed by atoms with van der Waals surface area (Å²) < 4.78 is 2.50.